The lowest BCUT2D eigenvalue weighted by molar-refractivity contribution is -0.135. The Morgan fingerprint density at radius 3 is 2.73 bits per heavy atom. The Bertz CT molecular complexity index is 1020. The van der Waals surface area contributed by atoms with Crippen LogP contribution in [0.1, 0.15) is 25.0 Å². The number of piperidine rings is 1. The van der Waals surface area contributed by atoms with E-state index in [9.17, 15) is 4.79 Å². The fourth-order valence-electron chi connectivity index (χ4n) is 4.32. The van der Waals surface area contributed by atoms with Crippen molar-refractivity contribution in [3.63, 3.8) is 0 Å². The number of rotatable bonds is 3. The Balaban J connectivity index is 1.17. The van der Waals surface area contributed by atoms with E-state index in [1.807, 2.05) is 19.1 Å². The van der Waals surface area contributed by atoms with Gasteiger partial charge in [-0.15, -0.1) is 26.6 Å². The number of carbonyl (C=O) groups is 1. The summed E-state index contributed by atoms with van der Waals surface area (Å²) in [6, 6.07) is 3.91. The maximum Gasteiger partial charge on any atom is 0.225 e. The SMILES string of the molecule is Cc1csc(N2CCCN(C(=O)C3CCN(c4ccc5nncn5n4)CC3)CC2)n1. The zero-order valence-corrected chi connectivity index (χ0v) is 18.0. The molecule has 5 rings (SSSR count). The van der Waals surface area contributed by atoms with E-state index in [4.69, 9.17) is 0 Å². The summed E-state index contributed by atoms with van der Waals surface area (Å²) in [6.07, 6.45) is 4.34. The molecule has 0 radical (unpaired) electrons. The van der Waals surface area contributed by atoms with Crippen molar-refractivity contribution in [2.45, 2.75) is 26.2 Å². The molecule has 5 heterocycles. The molecule has 1 amide bonds. The highest BCUT2D eigenvalue weighted by Crippen LogP contribution is 2.25. The Morgan fingerprint density at radius 1 is 1.07 bits per heavy atom. The van der Waals surface area contributed by atoms with Gasteiger partial charge < -0.3 is 14.7 Å². The first kappa shape index (κ1) is 19.2. The highest BCUT2D eigenvalue weighted by Gasteiger charge is 2.30. The molecule has 0 aromatic carbocycles. The summed E-state index contributed by atoms with van der Waals surface area (Å²) < 4.78 is 1.69. The minimum absolute atomic E-state index is 0.105. The van der Waals surface area contributed by atoms with E-state index in [-0.39, 0.29) is 5.92 Å². The lowest BCUT2D eigenvalue weighted by atomic mass is 9.95. The normalized spacial score (nSPS) is 18.8. The third-order valence-corrected chi connectivity index (χ3v) is 7.02. The van der Waals surface area contributed by atoms with E-state index in [1.165, 1.54) is 0 Å². The monoisotopic (exact) mass is 426 g/mol. The summed E-state index contributed by atoms with van der Waals surface area (Å²) >= 11 is 1.69. The van der Waals surface area contributed by atoms with Gasteiger partial charge in [0.2, 0.25) is 5.91 Å². The number of anilines is 2. The number of nitrogens with zero attached hydrogens (tertiary/aromatic N) is 8. The van der Waals surface area contributed by atoms with Crippen LogP contribution in [0.2, 0.25) is 0 Å². The van der Waals surface area contributed by atoms with Crippen LogP contribution in [-0.2, 0) is 4.79 Å². The second-order valence-electron chi connectivity index (χ2n) is 8.02. The summed E-state index contributed by atoms with van der Waals surface area (Å²) in [7, 11) is 0. The van der Waals surface area contributed by atoms with Crippen molar-refractivity contribution in [1.82, 2.24) is 29.7 Å². The summed E-state index contributed by atoms with van der Waals surface area (Å²) in [4.78, 5) is 24.4. The lowest BCUT2D eigenvalue weighted by Gasteiger charge is -2.34. The van der Waals surface area contributed by atoms with Crippen molar-refractivity contribution in [3.8, 4) is 0 Å². The van der Waals surface area contributed by atoms with Crippen molar-refractivity contribution in [1.29, 1.82) is 0 Å². The van der Waals surface area contributed by atoms with Gasteiger partial charge in [-0.25, -0.2) is 4.98 Å². The fourth-order valence-corrected chi connectivity index (χ4v) is 5.17. The van der Waals surface area contributed by atoms with E-state index in [1.54, 1.807) is 22.2 Å². The predicted octanol–water partition coefficient (Wildman–Crippen LogP) is 1.84. The van der Waals surface area contributed by atoms with Crippen LogP contribution in [0.4, 0.5) is 10.9 Å². The molecular formula is C20H26N8OS. The first-order valence-corrected chi connectivity index (χ1v) is 11.4. The molecule has 2 saturated heterocycles. The van der Waals surface area contributed by atoms with Crippen LogP contribution in [-0.4, -0.2) is 74.9 Å². The van der Waals surface area contributed by atoms with E-state index < -0.39 is 0 Å². The molecule has 158 valence electrons. The second kappa shape index (κ2) is 8.17. The number of thiazole rings is 1. The Morgan fingerprint density at radius 2 is 1.93 bits per heavy atom. The highest BCUT2D eigenvalue weighted by atomic mass is 32.1. The van der Waals surface area contributed by atoms with Gasteiger partial charge in [0.1, 0.15) is 12.1 Å². The lowest BCUT2D eigenvalue weighted by Crippen LogP contribution is -2.44. The summed E-state index contributed by atoms with van der Waals surface area (Å²) in [5.41, 5.74) is 1.81. The molecule has 0 spiro atoms. The zero-order chi connectivity index (χ0) is 20.5. The van der Waals surface area contributed by atoms with Gasteiger partial charge >= 0.3 is 0 Å². The molecule has 0 unspecified atom stereocenters. The standard InChI is InChI=1S/C20H26N8OS/c1-15-13-30-20(22-15)27-8-2-7-26(11-12-27)19(29)16-5-9-25(10-6-16)18-4-3-17-23-21-14-28(17)24-18/h3-4,13-14,16H,2,5-12H2,1H3. The average Bonchev–Trinajstić information content (AvgIpc) is 3.35. The molecule has 2 aliphatic heterocycles. The predicted molar refractivity (Wildman–Crippen MR) is 116 cm³/mol. The highest BCUT2D eigenvalue weighted by molar-refractivity contribution is 7.13. The van der Waals surface area contributed by atoms with E-state index in [0.29, 0.717) is 5.91 Å². The minimum atomic E-state index is 0.105. The largest absolute Gasteiger partial charge is 0.355 e. The number of amides is 1. The van der Waals surface area contributed by atoms with Crippen molar-refractivity contribution in [2.24, 2.45) is 5.92 Å². The molecule has 0 bridgehead atoms. The first-order valence-electron chi connectivity index (χ1n) is 10.6. The van der Waals surface area contributed by atoms with Gasteiger partial charge in [0.25, 0.3) is 0 Å². The van der Waals surface area contributed by atoms with Gasteiger partial charge in [0.15, 0.2) is 10.8 Å². The van der Waals surface area contributed by atoms with Gasteiger partial charge in [0, 0.05) is 50.6 Å². The maximum atomic E-state index is 13.2. The van der Waals surface area contributed by atoms with E-state index >= 15 is 0 Å². The molecule has 0 atom stereocenters. The third-order valence-electron chi connectivity index (χ3n) is 6.00. The Labute approximate surface area is 179 Å². The number of hydrogen-bond donors (Lipinski definition) is 0. The quantitative estimate of drug-likeness (QED) is 0.632. The van der Waals surface area contributed by atoms with Crippen LogP contribution in [0.5, 0.6) is 0 Å². The molecule has 3 aromatic heterocycles. The number of aromatic nitrogens is 5. The molecule has 2 aliphatic rings. The Kier molecular flexibility index (Phi) is 5.24. The van der Waals surface area contributed by atoms with Crippen LogP contribution in [0, 0.1) is 12.8 Å². The zero-order valence-electron chi connectivity index (χ0n) is 17.1. The molecule has 2 fully saturated rings. The maximum absolute atomic E-state index is 13.2. The van der Waals surface area contributed by atoms with E-state index in [2.05, 4.69) is 40.4 Å². The summed E-state index contributed by atoms with van der Waals surface area (Å²) in [5, 5.41) is 15.6. The average molecular weight is 427 g/mol. The molecule has 10 heteroatoms. The fraction of sp³-hybridized carbons (Fsp3) is 0.550. The molecule has 0 saturated carbocycles. The van der Waals surface area contributed by atoms with Crippen LogP contribution < -0.4 is 9.80 Å². The van der Waals surface area contributed by atoms with Crippen molar-refractivity contribution in [3.05, 3.63) is 29.5 Å². The van der Waals surface area contributed by atoms with Gasteiger partial charge in [-0.05, 0) is 38.3 Å². The summed E-state index contributed by atoms with van der Waals surface area (Å²) in [5.74, 6) is 1.33. The Hall–Kier alpha value is -2.75. The van der Waals surface area contributed by atoms with E-state index in [0.717, 1.165) is 80.8 Å². The number of fused-ring (bicyclic) bond motifs is 1. The second-order valence-corrected chi connectivity index (χ2v) is 8.86. The van der Waals surface area contributed by atoms with Gasteiger partial charge in [-0.1, -0.05) is 0 Å². The van der Waals surface area contributed by atoms with Crippen LogP contribution in [0.3, 0.4) is 0 Å². The topological polar surface area (TPSA) is 82.8 Å². The third kappa shape index (κ3) is 3.83. The first-order chi connectivity index (χ1) is 14.7. The number of carbonyl (C=O) groups excluding carboxylic acids is 1. The minimum Gasteiger partial charge on any atom is -0.355 e. The van der Waals surface area contributed by atoms with Gasteiger partial charge in [0.05, 0.1) is 5.69 Å². The van der Waals surface area contributed by atoms with Crippen molar-refractivity contribution in [2.75, 3.05) is 49.1 Å². The smallest absolute Gasteiger partial charge is 0.225 e. The number of aryl methyl sites for hydroxylation is 1. The summed E-state index contributed by atoms with van der Waals surface area (Å²) in [6.45, 7) is 7.16. The molecule has 0 aliphatic carbocycles. The number of hydrogen-bond acceptors (Lipinski definition) is 8. The molecule has 9 nitrogen and oxygen atoms in total. The van der Waals surface area contributed by atoms with Crippen molar-refractivity contribution < 1.29 is 4.79 Å². The van der Waals surface area contributed by atoms with Crippen LogP contribution in [0.15, 0.2) is 23.8 Å². The molecular weight excluding hydrogens is 400 g/mol. The van der Waals surface area contributed by atoms with Gasteiger partial charge in [-0.2, -0.15) is 4.52 Å². The molecule has 30 heavy (non-hydrogen) atoms. The van der Waals surface area contributed by atoms with Gasteiger partial charge in [-0.3, -0.25) is 4.79 Å². The molecule has 3 aromatic rings. The van der Waals surface area contributed by atoms with Crippen LogP contribution >= 0.6 is 11.3 Å². The molecule has 0 N–H and O–H groups in total. The van der Waals surface area contributed by atoms with Crippen molar-refractivity contribution >= 4 is 33.8 Å². The van der Waals surface area contributed by atoms with Crippen LogP contribution in [0.25, 0.3) is 5.65 Å².